The largest absolute Gasteiger partial charge is 0.337 e. The zero-order chi connectivity index (χ0) is 16.8. The van der Waals surface area contributed by atoms with Gasteiger partial charge >= 0.3 is 0 Å². The Morgan fingerprint density at radius 2 is 1.25 bits per heavy atom. The Morgan fingerprint density at radius 3 is 1.58 bits per heavy atom. The van der Waals surface area contributed by atoms with E-state index < -0.39 is 0 Å². The highest BCUT2D eigenvalue weighted by Gasteiger charge is 2.34. The standard InChI is InChI=1S/C18H20N4O2/c1-21-13(7-9-15(21)23)17-11-5-3-4-6-12(11)18(20-19-17)14-8-10-16(24)22(14)2/h3-6,13-14H,7-10H2,1-2H3. The van der Waals surface area contributed by atoms with Crippen LogP contribution in [0.1, 0.15) is 49.2 Å². The van der Waals surface area contributed by atoms with Gasteiger partial charge in [0.2, 0.25) is 11.8 Å². The summed E-state index contributed by atoms with van der Waals surface area (Å²) >= 11 is 0. The summed E-state index contributed by atoms with van der Waals surface area (Å²) in [6, 6.07) is 8.00. The molecule has 2 amide bonds. The van der Waals surface area contributed by atoms with Crippen LogP contribution in [0, 0.1) is 0 Å². The van der Waals surface area contributed by atoms with Crippen LogP contribution >= 0.6 is 0 Å². The van der Waals surface area contributed by atoms with Crippen molar-refractivity contribution in [2.45, 2.75) is 37.8 Å². The quantitative estimate of drug-likeness (QED) is 0.849. The fourth-order valence-electron chi connectivity index (χ4n) is 3.89. The molecule has 3 heterocycles. The number of aromatic nitrogens is 2. The summed E-state index contributed by atoms with van der Waals surface area (Å²) in [5.41, 5.74) is 1.71. The Morgan fingerprint density at radius 1 is 0.833 bits per heavy atom. The maximum Gasteiger partial charge on any atom is 0.222 e. The van der Waals surface area contributed by atoms with Crippen molar-refractivity contribution in [2.24, 2.45) is 0 Å². The van der Waals surface area contributed by atoms with Crippen molar-refractivity contribution < 1.29 is 9.59 Å². The molecule has 4 rings (SSSR count). The number of amides is 2. The van der Waals surface area contributed by atoms with Crippen molar-refractivity contribution in [2.75, 3.05) is 14.1 Å². The van der Waals surface area contributed by atoms with E-state index in [1.165, 1.54) is 0 Å². The zero-order valence-electron chi connectivity index (χ0n) is 13.9. The van der Waals surface area contributed by atoms with Crippen molar-refractivity contribution >= 4 is 22.6 Å². The smallest absolute Gasteiger partial charge is 0.222 e. The van der Waals surface area contributed by atoms with Gasteiger partial charge in [0.25, 0.3) is 0 Å². The van der Waals surface area contributed by atoms with E-state index in [0.29, 0.717) is 12.8 Å². The van der Waals surface area contributed by atoms with Gasteiger partial charge in [-0.25, -0.2) is 0 Å². The average molecular weight is 324 g/mol. The second kappa shape index (κ2) is 5.54. The third kappa shape index (κ3) is 2.17. The molecule has 2 fully saturated rings. The van der Waals surface area contributed by atoms with Crippen LogP contribution in [0.3, 0.4) is 0 Å². The lowest BCUT2D eigenvalue weighted by Crippen LogP contribution is -2.25. The van der Waals surface area contributed by atoms with Crippen molar-refractivity contribution in [1.82, 2.24) is 20.0 Å². The number of hydrogen-bond acceptors (Lipinski definition) is 4. The second-order valence-electron chi connectivity index (χ2n) is 6.63. The van der Waals surface area contributed by atoms with Crippen LogP contribution in [-0.4, -0.2) is 45.9 Å². The number of hydrogen-bond donors (Lipinski definition) is 0. The van der Waals surface area contributed by atoms with Gasteiger partial charge in [0.1, 0.15) is 0 Å². The Balaban J connectivity index is 1.84. The minimum Gasteiger partial charge on any atom is -0.337 e. The van der Waals surface area contributed by atoms with Crippen LogP contribution in [0.4, 0.5) is 0 Å². The number of rotatable bonds is 2. The molecule has 6 nitrogen and oxygen atoms in total. The molecule has 0 spiro atoms. The molecule has 1 aromatic heterocycles. The first-order chi connectivity index (χ1) is 11.6. The van der Waals surface area contributed by atoms with Gasteiger partial charge in [0, 0.05) is 37.7 Å². The van der Waals surface area contributed by atoms with E-state index in [4.69, 9.17) is 0 Å². The summed E-state index contributed by atoms with van der Waals surface area (Å²) in [5, 5.41) is 11.1. The predicted octanol–water partition coefficient (Wildman–Crippen LogP) is 2.22. The minimum absolute atomic E-state index is 0.0214. The van der Waals surface area contributed by atoms with E-state index in [2.05, 4.69) is 10.2 Å². The molecule has 2 aromatic rings. The van der Waals surface area contributed by atoms with Crippen LogP contribution in [0.15, 0.2) is 24.3 Å². The van der Waals surface area contributed by atoms with E-state index in [0.717, 1.165) is 35.0 Å². The van der Waals surface area contributed by atoms with Crippen LogP contribution in [0.2, 0.25) is 0 Å². The van der Waals surface area contributed by atoms with Gasteiger partial charge in [0.15, 0.2) is 0 Å². The Bertz CT molecular complexity index is 766. The molecule has 0 N–H and O–H groups in total. The summed E-state index contributed by atoms with van der Waals surface area (Å²) in [7, 11) is 3.65. The second-order valence-corrected chi connectivity index (χ2v) is 6.63. The first kappa shape index (κ1) is 15.1. The Labute approximate surface area is 140 Å². The lowest BCUT2D eigenvalue weighted by Gasteiger charge is -2.23. The van der Waals surface area contributed by atoms with Gasteiger partial charge in [-0.2, -0.15) is 10.2 Å². The first-order valence-electron chi connectivity index (χ1n) is 8.34. The van der Waals surface area contributed by atoms with Crippen LogP contribution in [0.5, 0.6) is 0 Å². The number of nitrogens with zero attached hydrogens (tertiary/aromatic N) is 4. The molecule has 24 heavy (non-hydrogen) atoms. The van der Waals surface area contributed by atoms with E-state index in [1.807, 2.05) is 38.4 Å². The van der Waals surface area contributed by atoms with E-state index in [1.54, 1.807) is 9.80 Å². The Kier molecular flexibility index (Phi) is 3.48. The molecule has 2 saturated heterocycles. The molecule has 0 saturated carbocycles. The third-order valence-corrected chi connectivity index (χ3v) is 5.36. The Hall–Kier alpha value is -2.50. The molecule has 0 bridgehead atoms. The summed E-state index contributed by atoms with van der Waals surface area (Å²) in [5.74, 6) is 0.298. The molecular formula is C18H20N4O2. The summed E-state index contributed by atoms with van der Waals surface area (Å²) in [6.07, 6.45) is 2.65. The molecule has 0 radical (unpaired) electrons. The van der Waals surface area contributed by atoms with Crippen molar-refractivity contribution in [3.8, 4) is 0 Å². The monoisotopic (exact) mass is 324 g/mol. The van der Waals surface area contributed by atoms with E-state index in [9.17, 15) is 9.59 Å². The minimum atomic E-state index is -0.0214. The van der Waals surface area contributed by atoms with E-state index >= 15 is 0 Å². The van der Waals surface area contributed by atoms with Crippen molar-refractivity contribution in [3.05, 3.63) is 35.7 Å². The topological polar surface area (TPSA) is 66.4 Å². The lowest BCUT2D eigenvalue weighted by atomic mass is 9.99. The molecule has 1 aromatic carbocycles. The molecule has 2 unspecified atom stereocenters. The predicted molar refractivity (Wildman–Crippen MR) is 89.0 cm³/mol. The van der Waals surface area contributed by atoms with Gasteiger partial charge in [-0.15, -0.1) is 0 Å². The van der Waals surface area contributed by atoms with Crippen molar-refractivity contribution in [3.63, 3.8) is 0 Å². The van der Waals surface area contributed by atoms with Gasteiger partial charge in [-0.3, -0.25) is 9.59 Å². The number of fused-ring (bicyclic) bond motifs is 1. The maximum atomic E-state index is 11.9. The molecule has 6 heteroatoms. The highest BCUT2D eigenvalue weighted by molar-refractivity contribution is 5.89. The molecular weight excluding hydrogens is 304 g/mol. The third-order valence-electron chi connectivity index (χ3n) is 5.36. The molecule has 0 aliphatic carbocycles. The first-order valence-corrected chi connectivity index (χ1v) is 8.34. The lowest BCUT2D eigenvalue weighted by molar-refractivity contribution is -0.128. The zero-order valence-corrected chi connectivity index (χ0v) is 13.9. The van der Waals surface area contributed by atoms with Gasteiger partial charge in [-0.1, -0.05) is 24.3 Å². The number of carbonyl (C=O) groups excluding carboxylic acids is 2. The number of carbonyl (C=O) groups is 2. The summed E-state index contributed by atoms with van der Waals surface area (Å²) < 4.78 is 0. The average Bonchev–Trinajstić information content (AvgIpc) is 3.10. The van der Waals surface area contributed by atoms with Crippen LogP contribution in [-0.2, 0) is 9.59 Å². The number of benzene rings is 1. The van der Waals surface area contributed by atoms with Gasteiger partial charge < -0.3 is 9.80 Å². The summed E-state index contributed by atoms with van der Waals surface area (Å²) in [6.45, 7) is 0. The highest BCUT2D eigenvalue weighted by Crippen LogP contribution is 2.38. The summed E-state index contributed by atoms with van der Waals surface area (Å²) in [4.78, 5) is 27.3. The SMILES string of the molecule is CN1C(=O)CCC1c1nnc(C2CCC(=O)N2C)c2ccccc12. The molecule has 2 atom stereocenters. The fraction of sp³-hybridized carbons (Fsp3) is 0.444. The van der Waals surface area contributed by atoms with E-state index in [-0.39, 0.29) is 23.9 Å². The highest BCUT2D eigenvalue weighted by atomic mass is 16.2. The van der Waals surface area contributed by atoms with Crippen LogP contribution < -0.4 is 0 Å². The number of likely N-dealkylation sites (tertiary alicyclic amines) is 2. The van der Waals surface area contributed by atoms with Gasteiger partial charge in [0.05, 0.1) is 23.5 Å². The normalized spacial score (nSPS) is 24.4. The molecule has 124 valence electrons. The molecule has 2 aliphatic heterocycles. The molecule has 2 aliphatic rings. The van der Waals surface area contributed by atoms with Gasteiger partial charge in [-0.05, 0) is 12.8 Å². The fourth-order valence-corrected chi connectivity index (χ4v) is 3.89. The van der Waals surface area contributed by atoms with Crippen LogP contribution in [0.25, 0.3) is 10.8 Å². The van der Waals surface area contributed by atoms with Crippen molar-refractivity contribution in [1.29, 1.82) is 0 Å². The maximum absolute atomic E-state index is 11.9.